The van der Waals surface area contributed by atoms with Crippen LogP contribution in [0.25, 0.3) is 0 Å². The Bertz CT molecular complexity index is 797. The van der Waals surface area contributed by atoms with Crippen LogP contribution in [-0.2, 0) is 14.3 Å². The summed E-state index contributed by atoms with van der Waals surface area (Å²) in [7, 11) is 0. The molecular formula is C41H79NO8. The molecule has 1 saturated heterocycles. The van der Waals surface area contributed by atoms with Crippen molar-refractivity contribution in [3.8, 4) is 0 Å². The second-order valence-electron chi connectivity index (χ2n) is 14.8. The van der Waals surface area contributed by atoms with Crippen LogP contribution in [-0.4, -0.2) is 87.5 Å². The third-order valence-corrected chi connectivity index (χ3v) is 10.1. The average Bonchev–Trinajstić information content (AvgIpc) is 3.11. The van der Waals surface area contributed by atoms with Crippen LogP contribution < -0.4 is 5.32 Å². The number of carbonyl (C=O) groups is 1. The summed E-state index contributed by atoms with van der Waals surface area (Å²) in [5.74, 6) is -0.177. The lowest BCUT2D eigenvalue weighted by Crippen LogP contribution is -2.60. The normalized spacial score (nSPS) is 22.3. The maximum Gasteiger partial charge on any atom is 0.220 e. The minimum absolute atomic E-state index is 0.177. The van der Waals surface area contributed by atoms with Gasteiger partial charge in [0.2, 0.25) is 5.91 Å². The third kappa shape index (κ3) is 23.5. The quantitative estimate of drug-likeness (QED) is 0.0293. The molecule has 2 unspecified atom stereocenters. The fourth-order valence-corrected chi connectivity index (χ4v) is 6.68. The van der Waals surface area contributed by atoms with E-state index in [9.17, 15) is 30.3 Å². The standard InChI is InChI=1S/C41H79NO8/c1-3-5-7-9-11-13-15-16-17-18-19-21-23-25-27-29-31-37(45)42-34(33-49-41-40(48)39(47)38(46)36(32-43)50-41)35(44)30-28-26-24-22-20-14-12-10-8-6-4-2/h28,30,34-36,38-41,43-44,46-48H,3-27,29,31-33H2,1-2H3,(H,42,45)/b30-28+/t34-,35+,36+,38-,39?,40?,41+/m0/s1. The van der Waals surface area contributed by atoms with Gasteiger partial charge in [0.05, 0.1) is 25.4 Å². The maximum atomic E-state index is 12.9. The maximum absolute atomic E-state index is 12.9. The molecule has 9 nitrogen and oxygen atoms in total. The van der Waals surface area contributed by atoms with Crippen molar-refractivity contribution in [2.45, 2.75) is 230 Å². The number of unbranched alkanes of at least 4 members (excludes halogenated alkanes) is 24. The zero-order valence-corrected chi connectivity index (χ0v) is 32.2. The highest BCUT2D eigenvalue weighted by molar-refractivity contribution is 5.76. The predicted molar refractivity (Wildman–Crippen MR) is 203 cm³/mol. The number of carbonyl (C=O) groups excluding carboxylic acids is 1. The van der Waals surface area contributed by atoms with Crippen LogP contribution in [0, 0.1) is 0 Å². The minimum Gasteiger partial charge on any atom is -0.394 e. The molecule has 0 saturated carbocycles. The molecule has 9 heteroatoms. The van der Waals surface area contributed by atoms with Gasteiger partial charge in [-0.3, -0.25) is 4.79 Å². The van der Waals surface area contributed by atoms with Crippen molar-refractivity contribution in [1.29, 1.82) is 0 Å². The van der Waals surface area contributed by atoms with Crippen molar-refractivity contribution in [2.75, 3.05) is 13.2 Å². The van der Waals surface area contributed by atoms with Crippen LogP contribution in [0.15, 0.2) is 12.2 Å². The zero-order valence-electron chi connectivity index (χ0n) is 32.2. The van der Waals surface area contributed by atoms with E-state index in [4.69, 9.17) is 9.47 Å². The fourth-order valence-electron chi connectivity index (χ4n) is 6.68. The van der Waals surface area contributed by atoms with Crippen LogP contribution in [0.5, 0.6) is 0 Å². The van der Waals surface area contributed by atoms with Crippen LogP contribution in [0.2, 0.25) is 0 Å². The molecule has 0 bridgehead atoms. The van der Waals surface area contributed by atoms with E-state index in [1.807, 2.05) is 6.08 Å². The van der Waals surface area contributed by atoms with Gasteiger partial charge in [0.25, 0.3) is 0 Å². The first-order chi connectivity index (χ1) is 24.3. The highest BCUT2D eigenvalue weighted by atomic mass is 16.7. The summed E-state index contributed by atoms with van der Waals surface area (Å²) in [6, 6.07) is -0.796. The molecule has 50 heavy (non-hydrogen) atoms. The van der Waals surface area contributed by atoms with Crippen molar-refractivity contribution >= 4 is 5.91 Å². The SMILES string of the molecule is CCCCCCCCCCC/C=C/[C@@H](O)[C@H](CO[C@@H]1O[C@H](CO)[C@H](O)C(O)C1O)NC(=O)CCCCCCCCCCCCCCCCCC. The lowest BCUT2D eigenvalue weighted by molar-refractivity contribution is -0.302. The Balaban J connectivity index is 2.38. The van der Waals surface area contributed by atoms with Gasteiger partial charge in [0, 0.05) is 6.42 Å². The first-order valence-corrected chi connectivity index (χ1v) is 20.9. The summed E-state index contributed by atoms with van der Waals surface area (Å²) in [6.45, 7) is 3.75. The van der Waals surface area contributed by atoms with Gasteiger partial charge in [-0.05, 0) is 19.3 Å². The molecule has 0 radical (unpaired) electrons. The van der Waals surface area contributed by atoms with Gasteiger partial charge in [-0.25, -0.2) is 0 Å². The second kappa shape index (κ2) is 32.6. The molecular weight excluding hydrogens is 634 g/mol. The first kappa shape index (κ1) is 47.0. The largest absolute Gasteiger partial charge is 0.394 e. The van der Waals surface area contributed by atoms with Crippen molar-refractivity contribution in [3.63, 3.8) is 0 Å². The number of allylic oxidation sites excluding steroid dienone is 1. The molecule has 0 aromatic rings. The Hall–Kier alpha value is -1.07. The monoisotopic (exact) mass is 714 g/mol. The highest BCUT2D eigenvalue weighted by Gasteiger charge is 2.44. The summed E-state index contributed by atoms with van der Waals surface area (Å²) in [6.07, 6.45) is 28.2. The minimum atomic E-state index is -1.56. The van der Waals surface area contributed by atoms with Crippen molar-refractivity contribution < 1.29 is 39.8 Å². The topological polar surface area (TPSA) is 149 Å². The Morgan fingerprint density at radius 2 is 1.10 bits per heavy atom. The predicted octanol–water partition coefficient (Wildman–Crippen LogP) is 7.78. The van der Waals surface area contributed by atoms with Crippen LogP contribution in [0.1, 0.15) is 187 Å². The van der Waals surface area contributed by atoms with Crippen LogP contribution in [0.3, 0.4) is 0 Å². The van der Waals surface area contributed by atoms with E-state index >= 15 is 0 Å². The Morgan fingerprint density at radius 1 is 0.660 bits per heavy atom. The van der Waals surface area contributed by atoms with Crippen LogP contribution >= 0.6 is 0 Å². The first-order valence-electron chi connectivity index (χ1n) is 20.9. The van der Waals surface area contributed by atoms with Gasteiger partial charge in [-0.15, -0.1) is 0 Å². The number of nitrogens with one attached hydrogen (secondary N) is 1. The molecule has 1 rings (SSSR count). The van der Waals surface area contributed by atoms with Gasteiger partial charge in [0.1, 0.15) is 24.4 Å². The Kier molecular flexibility index (Phi) is 30.6. The summed E-state index contributed by atoms with van der Waals surface area (Å²) < 4.78 is 11.2. The van der Waals surface area contributed by atoms with Gasteiger partial charge in [-0.2, -0.15) is 0 Å². The number of rotatable bonds is 34. The molecule has 0 spiro atoms. The molecule has 7 atom stereocenters. The molecule has 1 aliphatic rings. The molecule has 0 aromatic heterocycles. The molecule has 1 amide bonds. The summed E-state index contributed by atoms with van der Waals surface area (Å²) >= 11 is 0. The molecule has 0 aliphatic carbocycles. The number of hydrogen-bond donors (Lipinski definition) is 6. The fraction of sp³-hybridized carbons (Fsp3) is 0.927. The van der Waals surface area contributed by atoms with Gasteiger partial charge in [0.15, 0.2) is 6.29 Å². The van der Waals surface area contributed by atoms with Crippen LogP contribution in [0.4, 0.5) is 0 Å². The second-order valence-corrected chi connectivity index (χ2v) is 14.8. The van der Waals surface area contributed by atoms with Gasteiger partial charge >= 0.3 is 0 Å². The number of ether oxygens (including phenoxy) is 2. The van der Waals surface area contributed by atoms with Crippen molar-refractivity contribution in [2.24, 2.45) is 0 Å². The lowest BCUT2D eigenvalue weighted by atomic mass is 9.99. The van der Waals surface area contributed by atoms with E-state index in [1.165, 1.54) is 128 Å². The van der Waals surface area contributed by atoms with E-state index in [-0.39, 0.29) is 12.5 Å². The number of hydrogen-bond acceptors (Lipinski definition) is 8. The Labute approximate surface area is 306 Å². The number of amides is 1. The summed E-state index contributed by atoms with van der Waals surface area (Å²) in [4.78, 5) is 12.9. The molecule has 6 N–H and O–H groups in total. The van der Waals surface area contributed by atoms with Crippen molar-refractivity contribution in [3.05, 3.63) is 12.2 Å². The van der Waals surface area contributed by atoms with E-state index in [0.717, 1.165) is 38.5 Å². The third-order valence-electron chi connectivity index (χ3n) is 10.1. The number of aliphatic hydroxyl groups excluding tert-OH is 5. The van der Waals surface area contributed by atoms with E-state index in [0.29, 0.717) is 6.42 Å². The summed E-state index contributed by atoms with van der Waals surface area (Å²) in [5, 5.41) is 54.0. The number of aliphatic hydroxyl groups is 5. The van der Waals surface area contributed by atoms with E-state index < -0.39 is 49.5 Å². The smallest absolute Gasteiger partial charge is 0.220 e. The lowest BCUT2D eigenvalue weighted by Gasteiger charge is -2.40. The molecule has 1 heterocycles. The van der Waals surface area contributed by atoms with Gasteiger partial charge in [-0.1, -0.05) is 174 Å². The molecule has 0 aromatic carbocycles. The highest BCUT2D eigenvalue weighted by Crippen LogP contribution is 2.22. The van der Waals surface area contributed by atoms with Crippen molar-refractivity contribution in [1.82, 2.24) is 5.32 Å². The van der Waals surface area contributed by atoms with Gasteiger partial charge < -0.3 is 40.3 Å². The molecule has 1 aliphatic heterocycles. The molecule has 296 valence electrons. The van der Waals surface area contributed by atoms with E-state index in [1.54, 1.807) is 6.08 Å². The zero-order chi connectivity index (χ0) is 36.7. The average molecular weight is 714 g/mol. The summed E-state index contributed by atoms with van der Waals surface area (Å²) in [5.41, 5.74) is 0. The van der Waals surface area contributed by atoms with E-state index in [2.05, 4.69) is 19.2 Å². The Morgan fingerprint density at radius 3 is 1.56 bits per heavy atom. The molecule has 1 fully saturated rings.